The van der Waals surface area contributed by atoms with Crippen LogP contribution in [0.5, 0.6) is 0 Å². The van der Waals surface area contributed by atoms with Gasteiger partial charge in [0.1, 0.15) is 12.5 Å². The molecule has 0 radical (unpaired) electrons. The topological polar surface area (TPSA) is 0 Å². The largest absolute Gasteiger partial charge is 0.243 e. The predicted molar refractivity (Wildman–Crippen MR) is 159 cm³/mol. The standard InChI is InChI=1S/C18H18F2.C18H28F2/c19-17-11-10-16(12-18(17)20)15-8-6-14(7-9-15)13-4-2-1-3-5-13;1-2-14(12-18(20)13-19)16-8-10-17(11-9-16)15-6-4-3-5-7-15/h6-13H,1-5H2;2,12,15-17H,3-11,13H2,1H3/b;14-2+,18-12+. The Morgan fingerprint density at radius 1 is 0.700 bits per heavy atom. The Labute approximate surface area is 239 Å². The van der Waals surface area contributed by atoms with Crippen molar-refractivity contribution in [1.82, 2.24) is 0 Å². The van der Waals surface area contributed by atoms with E-state index in [9.17, 15) is 17.6 Å². The van der Waals surface area contributed by atoms with Crippen molar-refractivity contribution in [2.75, 3.05) is 6.67 Å². The molecule has 3 fully saturated rings. The Kier molecular flexibility index (Phi) is 11.9. The van der Waals surface area contributed by atoms with Gasteiger partial charge in [-0.3, -0.25) is 0 Å². The van der Waals surface area contributed by atoms with E-state index in [-0.39, 0.29) is 0 Å². The maximum Gasteiger partial charge on any atom is 0.159 e. The first kappa shape index (κ1) is 30.6. The van der Waals surface area contributed by atoms with Crippen molar-refractivity contribution < 1.29 is 17.6 Å². The Hall–Kier alpha value is -2.36. The summed E-state index contributed by atoms with van der Waals surface area (Å²) in [6, 6.07) is 12.3. The van der Waals surface area contributed by atoms with Gasteiger partial charge < -0.3 is 0 Å². The lowest BCUT2D eigenvalue weighted by Crippen LogP contribution is -2.24. The van der Waals surface area contributed by atoms with Crippen LogP contribution in [0.15, 0.2) is 66.0 Å². The fourth-order valence-corrected chi connectivity index (χ4v) is 7.25. The van der Waals surface area contributed by atoms with Crippen LogP contribution < -0.4 is 0 Å². The molecule has 0 amide bonds. The van der Waals surface area contributed by atoms with E-state index < -0.39 is 24.1 Å². The maximum absolute atomic E-state index is 13.3. The molecule has 0 aromatic heterocycles. The Morgan fingerprint density at radius 2 is 1.27 bits per heavy atom. The molecule has 3 saturated carbocycles. The van der Waals surface area contributed by atoms with Crippen molar-refractivity contribution in [3.8, 4) is 11.1 Å². The fourth-order valence-electron chi connectivity index (χ4n) is 7.25. The minimum atomic E-state index is -0.977. The average Bonchev–Trinajstić information content (AvgIpc) is 3.02. The number of hydrogen-bond donors (Lipinski definition) is 0. The van der Waals surface area contributed by atoms with E-state index in [1.807, 2.05) is 25.1 Å². The number of hydrogen-bond acceptors (Lipinski definition) is 0. The van der Waals surface area contributed by atoms with Gasteiger partial charge in [-0.2, -0.15) is 0 Å². The van der Waals surface area contributed by atoms with Gasteiger partial charge in [0.05, 0.1) is 0 Å². The van der Waals surface area contributed by atoms with Gasteiger partial charge in [0, 0.05) is 0 Å². The third-order valence-electron chi connectivity index (χ3n) is 9.58. The van der Waals surface area contributed by atoms with Gasteiger partial charge in [0.25, 0.3) is 0 Å². The molecule has 0 atom stereocenters. The number of halogens is 4. The monoisotopic (exact) mass is 554 g/mol. The zero-order valence-electron chi connectivity index (χ0n) is 24.1. The van der Waals surface area contributed by atoms with Crippen molar-refractivity contribution >= 4 is 0 Å². The summed E-state index contributed by atoms with van der Waals surface area (Å²) >= 11 is 0. The molecule has 5 rings (SSSR count). The molecule has 3 aliphatic carbocycles. The number of alkyl halides is 1. The molecular formula is C36H46F4. The minimum absolute atomic E-state index is 0.442. The number of benzene rings is 2. The summed E-state index contributed by atoms with van der Waals surface area (Å²) in [6.45, 7) is 0.958. The molecule has 0 saturated heterocycles. The number of allylic oxidation sites excluding steroid dienone is 4. The Morgan fingerprint density at radius 3 is 1.85 bits per heavy atom. The molecule has 0 nitrogen and oxygen atoms in total. The molecule has 0 N–H and O–H groups in total. The lowest BCUT2D eigenvalue weighted by atomic mass is 9.69. The summed E-state index contributed by atoms with van der Waals surface area (Å²) in [4.78, 5) is 0. The van der Waals surface area contributed by atoms with Crippen LogP contribution in [-0.4, -0.2) is 6.67 Å². The van der Waals surface area contributed by atoms with Crippen LogP contribution in [0, 0.1) is 29.4 Å². The van der Waals surface area contributed by atoms with Crippen LogP contribution in [0.25, 0.3) is 11.1 Å². The second kappa shape index (κ2) is 15.6. The van der Waals surface area contributed by atoms with Crippen molar-refractivity contribution in [2.45, 2.75) is 103 Å². The van der Waals surface area contributed by atoms with Crippen LogP contribution in [0.1, 0.15) is 108 Å². The molecule has 3 aliphatic rings. The zero-order valence-corrected chi connectivity index (χ0v) is 24.1. The van der Waals surface area contributed by atoms with Crippen LogP contribution in [0.3, 0.4) is 0 Å². The van der Waals surface area contributed by atoms with Gasteiger partial charge in [-0.15, -0.1) is 0 Å². The molecular weight excluding hydrogens is 508 g/mol. The van der Waals surface area contributed by atoms with E-state index in [1.165, 1.54) is 101 Å². The first-order valence-corrected chi connectivity index (χ1v) is 15.6. The molecule has 0 unspecified atom stereocenters. The van der Waals surface area contributed by atoms with Crippen molar-refractivity contribution in [3.63, 3.8) is 0 Å². The first-order chi connectivity index (χ1) is 19.5. The second-order valence-electron chi connectivity index (χ2n) is 12.1. The first-order valence-electron chi connectivity index (χ1n) is 15.6. The van der Waals surface area contributed by atoms with E-state index in [4.69, 9.17) is 0 Å². The highest BCUT2D eigenvalue weighted by Gasteiger charge is 2.29. The predicted octanol–water partition coefficient (Wildman–Crippen LogP) is 11.8. The van der Waals surface area contributed by atoms with E-state index >= 15 is 0 Å². The van der Waals surface area contributed by atoms with Gasteiger partial charge in [-0.1, -0.05) is 87.8 Å². The number of rotatable bonds is 6. The summed E-state index contributed by atoms with van der Waals surface area (Å²) in [6.07, 6.45) is 21.8. The molecule has 2 aromatic carbocycles. The van der Waals surface area contributed by atoms with Crippen LogP contribution in [0.4, 0.5) is 17.6 Å². The molecule has 218 valence electrons. The summed E-state index contributed by atoms with van der Waals surface area (Å²) in [7, 11) is 0. The lowest BCUT2D eigenvalue weighted by molar-refractivity contribution is 0.178. The fraction of sp³-hybridized carbons (Fsp3) is 0.556. The van der Waals surface area contributed by atoms with E-state index in [2.05, 4.69) is 12.1 Å². The highest BCUT2D eigenvalue weighted by Crippen LogP contribution is 2.42. The highest BCUT2D eigenvalue weighted by molar-refractivity contribution is 5.63. The molecule has 2 aromatic rings. The third kappa shape index (κ3) is 8.57. The summed E-state index contributed by atoms with van der Waals surface area (Å²) in [5.41, 5.74) is 4.03. The summed E-state index contributed by atoms with van der Waals surface area (Å²) in [5, 5.41) is 0. The molecule has 40 heavy (non-hydrogen) atoms. The van der Waals surface area contributed by atoms with Gasteiger partial charge in [0.15, 0.2) is 11.6 Å². The van der Waals surface area contributed by atoms with E-state index in [0.29, 0.717) is 11.8 Å². The molecule has 0 bridgehead atoms. The van der Waals surface area contributed by atoms with E-state index in [0.717, 1.165) is 41.4 Å². The van der Waals surface area contributed by atoms with Gasteiger partial charge in [-0.25, -0.2) is 17.6 Å². The SMILES string of the molecule is C/C=C(\C=C(\F)CF)C1CCC(C2CCCCC2)CC1.Fc1ccc(-c2ccc(C3CCCCC3)cc2)cc1F. The van der Waals surface area contributed by atoms with Crippen LogP contribution in [-0.2, 0) is 0 Å². The Bertz CT molecular complexity index is 1100. The van der Waals surface area contributed by atoms with Crippen LogP contribution in [0.2, 0.25) is 0 Å². The van der Waals surface area contributed by atoms with Gasteiger partial charge in [0.2, 0.25) is 0 Å². The third-order valence-corrected chi connectivity index (χ3v) is 9.58. The Balaban J connectivity index is 0.000000185. The second-order valence-corrected chi connectivity index (χ2v) is 12.1. The average molecular weight is 555 g/mol. The van der Waals surface area contributed by atoms with Crippen molar-refractivity contribution in [1.29, 1.82) is 0 Å². The summed E-state index contributed by atoms with van der Waals surface area (Å²) in [5.74, 6) is 0.718. The normalized spacial score (nSPS) is 23.4. The highest BCUT2D eigenvalue weighted by atomic mass is 19.2. The molecule has 0 aliphatic heterocycles. The van der Waals surface area contributed by atoms with Gasteiger partial charge in [-0.05, 0) is 110 Å². The van der Waals surface area contributed by atoms with Crippen LogP contribution >= 0.6 is 0 Å². The summed E-state index contributed by atoms with van der Waals surface area (Å²) < 4.78 is 51.6. The lowest BCUT2D eigenvalue weighted by Gasteiger charge is -2.36. The molecule has 0 heterocycles. The zero-order chi connectivity index (χ0) is 28.3. The molecule has 4 heteroatoms. The molecule has 0 spiro atoms. The van der Waals surface area contributed by atoms with Gasteiger partial charge >= 0.3 is 0 Å². The van der Waals surface area contributed by atoms with E-state index in [1.54, 1.807) is 6.07 Å². The minimum Gasteiger partial charge on any atom is -0.243 e. The quantitative estimate of drug-likeness (QED) is 0.246. The van der Waals surface area contributed by atoms with Crippen molar-refractivity contribution in [3.05, 3.63) is 83.2 Å². The smallest absolute Gasteiger partial charge is 0.159 e. The maximum atomic E-state index is 13.3. The van der Waals surface area contributed by atoms with Crippen molar-refractivity contribution in [2.24, 2.45) is 17.8 Å².